The second-order valence-corrected chi connectivity index (χ2v) is 11.3. The second-order valence-electron chi connectivity index (χ2n) is 11.3. The summed E-state index contributed by atoms with van der Waals surface area (Å²) in [6.45, 7) is 7.02. The van der Waals surface area contributed by atoms with Crippen molar-refractivity contribution in [2.45, 2.75) is 78.2 Å². The molecule has 0 spiro atoms. The highest BCUT2D eigenvalue weighted by atomic mass is 16.3. The number of aliphatic hydroxyl groups is 1. The first kappa shape index (κ1) is 21.8. The first-order valence-corrected chi connectivity index (χ1v) is 12.5. The molecule has 1 aromatic heterocycles. The summed E-state index contributed by atoms with van der Waals surface area (Å²) >= 11 is 0. The maximum Gasteiger partial charge on any atom is 0.271 e. The summed E-state index contributed by atoms with van der Waals surface area (Å²) in [4.78, 5) is 16.4. The van der Waals surface area contributed by atoms with Crippen molar-refractivity contribution in [2.75, 3.05) is 0 Å². The van der Waals surface area contributed by atoms with Gasteiger partial charge in [0, 0.05) is 18.0 Å². The number of hydrazone groups is 1. The van der Waals surface area contributed by atoms with Crippen molar-refractivity contribution in [2.24, 2.45) is 39.6 Å². The van der Waals surface area contributed by atoms with Crippen LogP contribution in [0.2, 0.25) is 0 Å². The maximum atomic E-state index is 12.4. The molecule has 4 aliphatic rings. The normalized spacial score (nSPS) is 41.2. The van der Waals surface area contributed by atoms with Crippen molar-refractivity contribution >= 4 is 11.6 Å². The number of hydrogen-bond acceptors (Lipinski definition) is 4. The number of fused-ring (bicyclic) bond motifs is 5. The highest BCUT2D eigenvalue weighted by molar-refractivity contribution is 6.01. The highest BCUT2D eigenvalue weighted by Gasteiger charge is 2.58. The van der Waals surface area contributed by atoms with Crippen LogP contribution in [0.3, 0.4) is 0 Å². The number of allylic oxidation sites excluding steroid dienone is 2. The third-order valence-corrected chi connectivity index (χ3v) is 9.88. The Morgan fingerprint density at radius 2 is 1.91 bits per heavy atom. The molecule has 4 aliphatic carbocycles. The molecule has 7 atom stereocenters. The fourth-order valence-corrected chi connectivity index (χ4v) is 8.13. The summed E-state index contributed by atoms with van der Waals surface area (Å²) in [5.74, 6) is 2.71. The lowest BCUT2D eigenvalue weighted by atomic mass is 9.44. The Hall–Kier alpha value is -2.01. The number of carbonyl (C=O) groups is 1. The topological polar surface area (TPSA) is 74.6 Å². The minimum atomic E-state index is -0.193. The van der Waals surface area contributed by atoms with E-state index in [4.69, 9.17) is 0 Å². The van der Waals surface area contributed by atoms with Crippen molar-refractivity contribution in [3.63, 3.8) is 0 Å². The Morgan fingerprint density at radius 3 is 2.69 bits per heavy atom. The summed E-state index contributed by atoms with van der Waals surface area (Å²) in [5, 5.41) is 14.8. The number of carbonyl (C=O) groups excluding carboxylic acids is 1. The average molecular weight is 436 g/mol. The second kappa shape index (κ2) is 8.09. The van der Waals surface area contributed by atoms with Crippen LogP contribution >= 0.6 is 0 Å². The lowest BCUT2D eigenvalue weighted by Gasteiger charge is -2.60. The zero-order valence-corrected chi connectivity index (χ0v) is 19.7. The Bertz CT molecular complexity index is 941. The van der Waals surface area contributed by atoms with Gasteiger partial charge in [0.05, 0.1) is 11.8 Å². The number of aromatic nitrogens is 1. The van der Waals surface area contributed by atoms with Gasteiger partial charge in [-0.15, -0.1) is 0 Å². The monoisotopic (exact) mass is 435 g/mol. The van der Waals surface area contributed by atoms with E-state index in [0.29, 0.717) is 22.8 Å². The molecular weight excluding hydrogens is 398 g/mol. The van der Waals surface area contributed by atoms with E-state index in [0.717, 1.165) is 36.8 Å². The molecule has 172 valence electrons. The third kappa shape index (κ3) is 3.44. The van der Waals surface area contributed by atoms with E-state index >= 15 is 0 Å². The van der Waals surface area contributed by atoms with E-state index in [1.165, 1.54) is 37.7 Å². The number of nitrogens with one attached hydrogen (secondary N) is 1. The highest BCUT2D eigenvalue weighted by Crippen LogP contribution is 2.66. The maximum absolute atomic E-state index is 12.4. The van der Waals surface area contributed by atoms with Gasteiger partial charge in [-0.05, 0) is 110 Å². The average Bonchev–Trinajstić information content (AvgIpc) is 3.15. The zero-order valence-electron chi connectivity index (χ0n) is 19.7. The number of pyridine rings is 1. The lowest BCUT2D eigenvalue weighted by Crippen LogP contribution is -2.53. The van der Waals surface area contributed by atoms with E-state index in [-0.39, 0.29) is 17.4 Å². The van der Waals surface area contributed by atoms with E-state index in [1.54, 1.807) is 24.5 Å². The van der Waals surface area contributed by atoms with E-state index in [9.17, 15) is 9.90 Å². The van der Waals surface area contributed by atoms with Gasteiger partial charge in [0.25, 0.3) is 5.91 Å². The molecule has 32 heavy (non-hydrogen) atoms. The number of aliphatic hydroxyl groups excluding tert-OH is 1. The van der Waals surface area contributed by atoms with Crippen molar-refractivity contribution in [3.8, 4) is 0 Å². The van der Waals surface area contributed by atoms with Crippen molar-refractivity contribution < 1.29 is 9.90 Å². The number of hydrogen-bond donors (Lipinski definition) is 2. The van der Waals surface area contributed by atoms with Crippen LogP contribution in [0.4, 0.5) is 0 Å². The minimum absolute atomic E-state index is 0.0838. The van der Waals surface area contributed by atoms with Gasteiger partial charge < -0.3 is 5.11 Å². The standard InChI is InChI=1S/C27H37N3O2/c1-17(29-30-25(32)18-10-14-28-15-11-18)22-6-7-23-21-5-4-19-16-20(31)8-12-26(19,2)24(21)9-13-27(22,23)3/h6,10-11,14-15,19-21,23-24,31H,4-5,7-9,12-13,16H2,1-3H3,(H,30,32)/b29-17-/t19-,20+,21-,23+,24+,26-,27+/m0/s1. The molecule has 0 aromatic carbocycles. The molecule has 1 aromatic rings. The number of rotatable bonds is 3. The van der Waals surface area contributed by atoms with Crippen LogP contribution < -0.4 is 5.43 Å². The quantitative estimate of drug-likeness (QED) is 0.511. The van der Waals surface area contributed by atoms with Gasteiger partial charge in [0.15, 0.2) is 0 Å². The molecule has 0 unspecified atom stereocenters. The summed E-state index contributed by atoms with van der Waals surface area (Å²) in [5.41, 5.74) is 6.14. The van der Waals surface area contributed by atoms with Gasteiger partial charge in [-0.3, -0.25) is 9.78 Å². The van der Waals surface area contributed by atoms with E-state index in [1.807, 2.05) is 6.92 Å². The van der Waals surface area contributed by atoms with Crippen LogP contribution in [0.15, 0.2) is 41.3 Å². The predicted octanol–water partition coefficient (Wildman–Crippen LogP) is 5.13. The van der Waals surface area contributed by atoms with Crippen LogP contribution in [0.25, 0.3) is 0 Å². The molecule has 0 saturated heterocycles. The van der Waals surface area contributed by atoms with E-state index in [2.05, 4.69) is 35.4 Å². The molecule has 3 saturated carbocycles. The molecular formula is C27H37N3O2. The van der Waals surface area contributed by atoms with Crippen molar-refractivity contribution in [3.05, 3.63) is 41.7 Å². The van der Waals surface area contributed by atoms with Gasteiger partial charge >= 0.3 is 0 Å². The van der Waals surface area contributed by atoms with Gasteiger partial charge in [-0.25, -0.2) is 5.43 Å². The van der Waals surface area contributed by atoms with Gasteiger partial charge in [0.2, 0.25) is 0 Å². The SMILES string of the molecule is C/C(=N/NC(=O)c1ccncc1)C1=CC[C@@H]2[C@@H]3CC[C@H]4C[C@H](O)CC[C@]4(C)[C@@H]3CC[C@]12C. The molecule has 1 heterocycles. The zero-order chi connectivity index (χ0) is 22.5. The van der Waals surface area contributed by atoms with Crippen LogP contribution in [0.1, 0.15) is 82.5 Å². The summed E-state index contributed by atoms with van der Waals surface area (Å²) in [7, 11) is 0. The molecule has 2 N–H and O–H groups in total. The van der Waals surface area contributed by atoms with E-state index < -0.39 is 0 Å². The summed E-state index contributed by atoms with van der Waals surface area (Å²) < 4.78 is 0. The molecule has 0 radical (unpaired) electrons. The summed E-state index contributed by atoms with van der Waals surface area (Å²) in [6.07, 6.45) is 14.9. The number of amides is 1. The smallest absolute Gasteiger partial charge is 0.271 e. The summed E-state index contributed by atoms with van der Waals surface area (Å²) in [6, 6.07) is 3.41. The molecule has 5 heteroatoms. The Labute approximate surface area is 191 Å². The predicted molar refractivity (Wildman–Crippen MR) is 126 cm³/mol. The first-order valence-electron chi connectivity index (χ1n) is 12.5. The van der Waals surface area contributed by atoms with Gasteiger partial charge in [-0.2, -0.15) is 5.10 Å². The Morgan fingerprint density at radius 1 is 1.12 bits per heavy atom. The van der Waals surface area contributed by atoms with Crippen molar-refractivity contribution in [1.82, 2.24) is 10.4 Å². The molecule has 1 amide bonds. The molecule has 5 rings (SSSR count). The Balaban J connectivity index is 1.32. The molecule has 0 bridgehead atoms. The molecule has 5 nitrogen and oxygen atoms in total. The van der Waals surface area contributed by atoms with Crippen LogP contribution in [0, 0.1) is 34.5 Å². The van der Waals surface area contributed by atoms with Crippen molar-refractivity contribution in [1.29, 1.82) is 0 Å². The van der Waals surface area contributed by atoms with Crippen LogP contribution in [0.5, 0.6) is 0 Å². The third-order valence-electron chi connectivity index (χ3n) is 9.88. The molecule has 0 aliphatic heterocycles. The largest absolute Gasteiger partial charge is 0.393 e. The Kier molecular flexibility index (Phi) is 5.51. The van der Waals surface area contributed by atoms with Crippen LogP contribution in [-0.4, -0.2) is 27.8 Å². The fraction of sp³-hybridized carbons (Fsp3) is 0.667. The van der Waals surface area contributed by atoms with Gasteiger partial charge in [-0.1, -0.05) is 19.9 Å². The fourth-order valence-electron chi connectivity index (χ4n) is 8.13. The van der Waals surface area contributed by atoms with Crippen LogP contribution in [-0.2, 0) is 0 Å². The lowest BCUT2D eigenvalue weighted by molar-refractivity contribution is -0.117. The van der Waals surface area contributed by atoms with Gasteiger partial charge in [0.1, 0.15) is 0 Å². The minimum Gasteiger partial charge on any atom is -0.393 e. The first-order chi connectivity index (χ1) is 15.3. The molecule has 3 fully saturated rings. The number of nitrogens with zero attached hydrogens (tertiary/aromatic N) is 2.